The highest BCUT2D eigenvalue weighted by Crippen LogP contribution is 2.43. The molecule has 0 bridgehead atoms. The van der Waals surface area contributed by atoms with Crippen LogP contribution in [0, 0.1) is 11.8 Å². The second kappa shape index (κ2) is 7.55. The Hall–Kier alpha value is -1.81. The van der Waals surface area contributed by atoms with Gasteiger partial charge in [0.1, 0.15) is 11.5 Å². The Balaban J connectivity index is 1.58. The molecule has 0 radical (unpaired) electrons. The van der Waals surface area contributed by atoms with Crippen LogP contribution in [0.25, 0.3) is 0 Å². The topological polar surface area (TPSA) is 91.4 Å². The smallest absolute Gasteiger partial charge is 0.238 e. The van der Waals surface area contributed by atoms with Crippen molar-refractivity contribution in [2.75, 3.05) is 25.6 Å². The van der Waals surface area contributed by atoms with Crippen LogP contribution in [0.5, 0.6) is 5.75 Å². The van der Waals surface area contributed by atoms with Crippen LogP contribution in [-0.4, -0.2) is 44.1 Å². The van der Waals surface area contributed by atoms with Crippen LogP contribution in [0.15, 0.2) is 22.7 Å². The number of carbonyl (C=O) groups excluding carboxylic acids is 3. The standard InChI is InChI=1S/C19H20BrNO7/c1-25-16-6-11(2-3-14(16)20)21-17(23)7-12(18(21)24)13-8-19(5-4-15(13)22)27-9-26-10-28-19/h2-3,6,12-13H,4-5,7-10H2,1H3/t12-,13?/m1/s1. The lowest BCUT2D eigenvalue weighted by Gasteiger charge is -2.42. The summed E-state index contributed by atoms with van der Waals surface area (Å²) in [5.74, 6) is -2.50. The first-order chi connectivity index (χ1) is 13.4. The molecule has 1 aliphatic carbocycles. The molecule has 1 aromatic rings. The summed E-state index contributed by atoms with van der Waals surface area (Å²) in [5.41, 5.74) is 0.425. The molecule has 4 rings (SSSR count). The van der Waals surface area contributed by atoms with Gasteiger partial charge in [0.2, 0.25) is 11.8 Å². The molecule has 1 unspecified atom stereocenters. The van der Waals surface area contributed by atoms with Crippen LogP contribution in [0.4, 0.5) is 5.69 Å². The minimum Gasteiger partial charge on any atom is -0.495 e. The number of halogens is 1. The molecule has 3 fully saturated rings. The number of hydrogen-bond donors (Lipinski definition) is 0. The molecule has 8 nitrogen and oxygen atoms in total. The number of nitrogens with zero attached hydrogens (tertiary/aromatic N) is 1. The van der Waals surface area contributed by atoms with Gasteiger partial charge in [-0.2, -0.15) is 0 Å². The average molecular weight is 454 g/mol. The highest BCUT2D eigenvalue weighted by molar-refractivity contribution is 9.10. The third-order valence-electron chi connectivity index (χ3n) is 5.57. The molecule has 150 valence electrons. The zero-order valence-corrected chi connectivity index (χ0v) is 16.9. The Morgan fingerprint density at radius 3 is 2.64 bits per heavy atom. The highest BCUT2D eigenvalue weighted by Gasteiger charge is 2.52. The lowest BCUT2D eigenvalue weighted by molar-refractivity contribution is -0.369. The predicted molar refractivity (Wildman–Crippen MR) is 99.4 cm³/mol. The van der Waals surface area contributed by atoms with E-state index in [4.69, 9.17) is 18.9 Å². The zero-order valence-electron chi connectivity index (χ0n) is 15.3. The fourth-order valence-electron chi connectivity index (χ4n) is 4.08. The van der Waals surface area contributed by atoms with Crippen molar-refractivity contribution >= 4 is 39.2 Å². The summed E-state index contributed by atoms with van der Waals surface area (Å²) in [4.78, 5) is 39.5. The van der Waals surface area contributed by atoms with Crippen LogP contribution in [0.1, 0.15) is 25.7 Å². The third kappa shape index (κ3) is 3.36. The van der Waals surface area contributed by atoms with E-state index in [-0.39, 0.29) is 50.4 Å². The van der Waals surface area contributed by atoms with Gasteiger partial charge in [-0.3, -0.25) is 19.3 Å². The predicted octanol–water partition coefficient (Wildman–Crippen LogP) is 2.38. The van der Waals surface area contributed by atoms with Crippen molar-refractivity contribution in [1.29, 1.82) is 0 Å². The second-order valence-corrected chi connectivity index (χ2v) is 7.97. The number of anilines is 1. The van der Waals surface area contributed by atoms with Gasteiger partial charge < -0.3 is 18.9 Å². The number of rotatable bonds is 3. The van der Waals surface area contributed by atoms with Crippen LogP contribution in [0.3, 0.4) is 0 Å². The number of ketones is 1. The van der Waals surface area contributed by atoms with Crippen molar-refractivity contribution in [2.45, 2.75) is 31.5 Å². The SMILES string of the molecule is COc1cc(N2C(=O)C[C@H](C3CC4(CCC3=O)OCOCO4)C2=O)ccc1Br. The largest absolute Gasteiger partial charge is 0.495 e. The van der Waals surface area contributed by atoms with Crippen LogP contribution in [0.2, 0.25) is 0 Å². The summed E-state index contributed by atoms with van der Waals surface area (Å²) in [7, 11) is 1.51. The van der Waals surface area contributed by atoms with Gasteiger partial charge >= 0.3 is 0 Å². The molecule has 0 aromatic heterocycles. The summed E-state index contributed by atoms with van der Waals surface area (Å²) >= 11 is 3.36. The maximum atomic E-state index is 13.1. The van der Waals surface area contributed by atoms with Crippen molar-refractivity contribution < 1.29 is 33.3 Å². The van der Waals surface area contributed by atoms with E-state index >= 15 is 0 Å². The van der Waals surface area contributed by atoms with Gasteiger partial charge in [-0.15, -0.1) is 0 Å². The quantitative estimate of drug-likeness (QED) is 0.648. The molecule has 1 saturated carbocycles. The van der Waals surface area contributed by atoms with Crippen LogP contribution < -0.4 is 9.64 Å². The third-order valence-corrected chi connectivity index (χ3v) is 6.22. The molecule has 3 aliphatic rings. The van der Waals surface area contributed by atoms with Gasteiger partial charge in [0.15, 0.2) is 19.4 Å². The fraction of sp³-hybridized carbons (Fsp3) is 0.526. The summed E-state index contributed by atoms with van der Waals surface area (Å²) < 4.78 is 22.3. The van der Waals surface area contributed by atoms with Gasteiger partial charge in [-0.25, -0.2) is 0 Å². The Kier molecular flexibility index (Phi) is 5.26. The number of benzene rings is 1. The number of hydrogen-bond acceptors (Lipinski definition) is 7. The van der Waals surface area contributed by atoms with E-state index < -0.39 is 17.6 Å². The number of Topliss-reactive ketones (excluding diaryl/α,β-unsaturated/α-hetero) is 1. The second-order valence-electron chi connectivity index (χ2n) is 7.11. The molecule has 1 aromatic carbocycles. The van der Waals surface area contributed by atoms with Crippen molar-refractivity contribution in [3.63, 3.8) is 0 Å². The van der Waals surface area contributed by atoms with Crippen molar-refractivity contribution in [3.05, 3.63) is 22.7 Å². The lowest BCUT2D eigenvalue weighted by atomic mass is 9.75. The zero-order chi connectivity index (χ0) is 19.9. The van der Waals surface area contributed by atoms with E-state index in [9.17, 15) is 14.4 Å². The Bertz CT molecular complexity index is 821. The molecule has 0 N–H and O–H groups in total. The van der Waals surface area contributed by atoms with E-state index in [1.165, 1.54) is 7.11 Å². The molecular formula is C19H20BrNO7. The maximum absolute atomic E-state index is 13.1. The van der Waals surface area contributed by atoms with E-state index in [2.05, 4.69) is 15.9 Å². The van der Waals surface area contributed by atoms with Gasteiger partial charge in [-0.1, -0.05) is 0 Å². The van der Waals surface area contributed by atoms with Crippen LogP contribution in [-0.2, 0) is 28.6 Å². The molecule has 2 atom stereocenters. The first-order valence-corrected chi connectivity index (χ1v) is 9.82. The van der Waals surface area contributed by atoms with Crippen molar-refractivity contribution in [2.24, 2.45) is 11.8 Å². The van der Waals surface area contributed by atoms with Crippen LogP contribution >= 0.6 is 15.9 Å². The van der Waals surface area contributed by atoms with E-state index in [1.807, 2.05) is 0 Å². The van der Waals surface area contributed by atoms with Crippen molar-refractivity contribution in [1.82, 2.24) is 0 Å². The van der Waals surface area contributed by atoms with E-state index in [1.54, 1.807) is 18.2 Å². The highest BCUT2D eigenvalue weighted by atomic mass is 79.9. The van der Waals surface area contributed by atoms with Gasteiger partial charge in [0, 0.05) is 37.7 Å². The molecule has 9 heteroatoms. The Morgan fingerprint density at radius 2 is 1.93 bits per heavy atom. The number of methoxy groups -OCH3 is 1. The normalized spacial score (nSPS) is 27.5. The Morgan fingerprint density at radius 1 is 1.18 bits per heavy atom. The number of ether oxygens (including phenoxy) is 4. The number of carbonyl (C=O) groups is 3. The van der Waals surface area contributed by atoms with Crippen molar-refractivity contribution in [3.8, 4) is 5.75 Å². The summed E-state index contributed by atoms with van der Waals surface area (Å²) in [6, 6.07) is 5.00. The summed E-state index contributed by atoms with van der Waals surface area (Å²) in [6.07, 6.45) is 0.902. The van der Waals surface area contributed by atoms with E-state index in [0.29, 0.717) is 22.3 Å². The number of imide groups is 1. The monoisotopic (exact) mass is 453 g/mol. The maximum Gasteiger partial charge on any atom is 0.238 e. The average Bonchev–Trinajstić information content (AvgIpc) is 2.99. The molecular weight excluding hydrogens is 434 g/mol. The molecule has 2 aliphatic heterocycles. The molecule has 2 heterocycles. The first-order valence-electron chi connectivity index (χ1n) is 9.03. The molecule has 1 spiro atoms. The first kappa shape index (κ1) is 19.5. The molecule has 2 amide bonds. The van der Waals surface area contributed by atoms with Gasteiger partial charge in [0.25, 0.3) is 0 Å². The van der Waals surface area contributed by atoms with E-state index in [0.717, 1.165) is 4.90 Å². The van der Waals surface area contributed by atoms with Gasteiger partial charge in [0.05, 0.1) is 23.2 Å². The minimum absolute atomic E-state index is 0.0137. The molecule has 2 saturated heterocycles. The lowest BCUT2D eigenvalue weighted by Crippen LogP contribution is -2.50. The van der Waals surface area contributed by atoms with Gasteiger partial charge in [-0.05, 0) is 28.1 Å². The fourth-order valence-corrected chi connectivity index (χ4v) is 4.49. The summed E-state index contributed by atoms with van der Waals surface area (Å²) in [6.45, 7) is 0.173. The minimum atomic E-state index is -0.922. The summed E-state index contributed by atoms with van der Waals surface area (Å²) in [5, 5.41) is 0. The Labute approximate surface area is 170 Å². The number of amides is 2. The molecule has 28 heavy (non-hydrogen) atoms.